The van der Waals surface area contributed by atoms with Gasteiger partial charge < -0.3 is 0 Å². The van der Waals surface area contributed by atoms with Crippen molar-refractivity contribution in [1.29, 1.82) is 0 Å². The lowest BCUT2D eigenvalue weighted by Gasteiger charge is -2.13. The molecule has 0 bridgehead atoms. The molecule has 1 aliphatic rings. The highest BCUT2D eigenvalue weighted by molar-refractivity contribution is 7.85. The summed E-state index contributed by atoms with van der Waals surface area (Å²) in [5, 5.41) is 0. The van der Waals surface area contributed by atoms with Crippen molar-refractivity contribution >= 4 is 10.1 Å². The van der Waals surface area contributed by atoms with Crippen LogP contribution in [0.5, 0.6) is 0 Å². The zero-order chi connectivity index (χ0) is 14.3. The second kappa shape index (κ2) is 4.58. The van der Waals surface area contributed by atoms with Crippen LogP contribution in [-0.2, 0) is 10.1 Å². The molecule has 0 saturated carbocycles. The molecule has 0 heterocycles. The Hall–Kier alpha value is -1.91. The quantitative estimate of drug-likeness (QED) is 0.692. The van der Waals surface area contributed by atoms with Gasteiger partial charge in [0.15, 0.2) is 0 Å². The fraction of sp³-hybridized carbons (Fsp3) is 0.125. The molecule has 1 aliphatic carbocycles. The molecular formula is C16H14O3S. The van der Waals surface area contributed by atoms with Gasteiger partial charge in [0.2, 0.25) is 0 Å². The molecule has 0 amide bonds. The maximum Gasteiger partial charge on any atom is 0.294 e. The van der Waals surface area contributed by atoms with E-state index >= 15 is 0 Å². The Labute approximate surface area is 118 Å². The van der Waals surface area contributed by atoms with E-state index in [1.165, 1.54) is 6.07 Å². The van der Waals surface area contributed by atoms with E-state index in [0.29, 0.717) is 12.0 Å². The summed E-state index contributed by atoms with van der Waals surface area (Å²) in [4.78, 5) is -0.00181. The average Bonchev–Trinajstić information content (AvgIpc) is 2.73. The standard InChI is InChI=1S/C16H14O3S/c1-2-6-13-11-7-3-4-8-12(11)14-9-5-10-15(16(13)14)20(17,18)19/h2-5,7-10,13H,1,6H2,(H,17,18,19). The van der Waals surface area contributed by atoms with E-state index in [0.717, 1.165) is 16.7 Å². The Morgan fingerprint density at radius 1 is 1.10 bits per heavy atom. The minimum Gasteiger partial charge on any atom is -0.282 e. The van der Waals surface area contributed by atoms with E-state index in [9.17, 15) is 13.0 Å². The molecule has 1 unspecified atom stereocenters. The third-order valence-corrected chi connectivity index (χ3v) is 4.63. The zero-order valence-corrected chi connectivity index (χ0v) is 11.6. The minimum absolute atomic E-state index is 0.00181. The molecule has 0 aliphatic heterocycles. The van der Waals surface area contributed by atoms with Crippen LogP contribution in [0, 0.1) is 0 Å². The normalized spacial score (nSPS) is 16.6. The molecule has 2 aromatic rings. The topological polar surface area (TPSA) is 54.4 Å². The van der Waals surface area contributed by atoms with Gasteiger partial charge in [-0.2, -0.15) is 8.42 Å². The molecule has 3 nitrogen and oxygen atoms in total. The van der Waals surface area contributed by atoms with Gasteiger partial charge >= 0.3 is 0 Å². The van der Waals surface area contributed by atoms with Gasteiger partial charge in [0, 0.05) is 5.92 Å². The summed E-state index contributed by atoms with van der Waals surface area (Å²) in [6.07, 6.45) is 2.41. The predicted octanol–water partition coefficient (Wildman–Crippen LogP) is 3.62. The number of benzene rings is 2. The molecule has 2 aromatic carbocycles. The molecule has 0 fully saturated rings. The Morgan fingerprint density at radius 2 is 1.80 bits per heavy atom. The fourth-order valence-corrected chi connectivity index (χ4v) is 3.76. The summed E-state index contributed by atoms with van der Waals surface area (Å²) in [6.45, 7) is 3.75. The summed E-state index contributed by atoms with van der Waals surface area (Å²) in [6, 6.07) is 12.9. The monoisotopic (exact) mass is 286 g/mol. The highest BCUT2D eigenvalue weighted by Crippen LogP contribution is 2.48. The van der Waals surface area contributed by atoms with Gasteiger partial charge in [0.1, 0.15) is 0 Å². The number of hydrogen-bond acceptors (Lipinski definition) is 2. The number of fused-ring (bicyclic) bond motifs is 3. The van der Waals surface area contributed by atoms with E-state index in [1.54, 1.807) is 12.1 Å². The van der Waals surface area contributed by atoms with Crippen molar-refractivity contribution in [2.45, 2.75) is 17.2 Å². The van der Waals surface area contributed by atoms with Crippen LogP contribution in [0.2, 0.25) is 0 Å². The molecular weight excluding hydrogens is 272 g/mol. The summed E-state index contributed by atoms with van der Waals surface area (Å²) in [5.41, 5.74) is 3.66. The molecule has 4 heteroatoms. The van der Waals surface area contributed by atoms with Gasteiger partial charge in [-0.25, -0.2) is 0 Å². The van der Waals surface area contributed by atoms with Crippen molar-refractivity contribution in [3.63, 3.8) is 0 Å². The summed E-state index contributed by atoms with van der Waals surface area (Å²) in [5.74, 6) is -0.0724. The SMILES string of the molecule is C=CCC1c2ccccc2-c2cccc(S(=O)(=O)O)c21. The number of rotatable bonds is 3. The molecule has 102 valence electrons. The van der Waals surface area contributed by atoms with Gasteiger partial charge in [-0.05, 0) is 34.7 Å². The lowest BCUT2D eigenvalue weighted by molar-refractivity contribution is 0.481. The lowest BCUT2D eigenvalue weighted by Crippen LogP contribution is -2.06. The maximum atomic E-state index is 11.6. The second-order valence-corrected chi connectivity index (χ2v) is 6.25. The highest BCUT2D eigenvalue weighted by Gasteiger charge is 2.32. The van der Waals surface area contributed by atoms with Crippen molar-refractivity contribution in [2.24, 2.45) is 0 Å². The van der Waals surface area contributed by atoms with Crippen LogP contribution in [0.25, 0.3) is 11.1 Å². The summed E-state index contributed by atoms with van der Waals surface area (Å²) >= 11 is 0. The van der Waals surface area contributed by atoms with E-state index < -0.39 is 10.1 Å². The Bertz CT molecular complexity index is 791. The first kappa shape index (κ1) is 13.1. The molecule has 0 saturated heterocycles. The molecule has 0 radical (unpaired) electrons. The summed E-state index contributed by atoms with van der Waals surface area (Å²) in [7, 11) is -4.23. The molecule has 0 aromatic heterocycles. The average molecular weight is 286 g/mol. The van der Waals surface area contributed by atoms with E-state index in [-0.39, 0.29) is 10.8 Å². The first-order valence-electron chi connectivity index (χ1n) is 6.34. The largest absolute Gasteiger partial charge is 0.294 e. The van der Waals surface area contributed by atoms with Crippen LogP contribution >= 0.6 is 0 Å². The van der Waals surface area contributed by atoms with Crippen LogP contribution in [0.4, 0.5) is 0 Å². The van der Waals surface area contributed by atoms with Gasteiger partial charge in [0.25, 0.3) is 10.1 Å². The summed E-state index contributed by atoms with van der Waals surface area (Å²) < 4.78 is 32.7. The van der Waals surface area contributed by atoms with Crippen LogP contribution in [0.3, 0.4) is 0 Å². The van der Waals surface area contributed by atoms with E-state index in [1.807, 2.05) is 30.3 Å². The first-order valence-corrected chi connectivity index (χ1v) is 7.78. The van der Waals surface area contributed by atoms with Crippen LogP contribution < -0.4 is 0 Å². The van der Waals surface area contributed by atoms with E-state index in [4.69, 9.17) is 0 Å². The zero-order valence-electron chi connectivity index (χ0n) is 10.8. The second-order valence-electron chi connectivity index (χ2n) is 4.86. The van der Waals surface area contributed by atoms with Crippen LogP contribution in [0.15, 0.2) is 60.0 Å². The number of allylic oxidation sites excluding steroid dienone is 1. The Morgan fingerprint density at radius 3 is 2.50 bits per heavy atom. The van der Waals surface area contributed by atoms with Gasteiger partial charge in [-0.3, -0.25) is 4.55 Å². The van der Waals surface area contributed by atoms with Crippen LogP contribution in [0.1, 0.15) is 23.5 Å². The minimum atomic E-state index is -4.23. The molecule has 1 atom stereocenters. The fourth-order valence-electron chi connectivity index (χ4n) is 2.98. The van der Waals surface area contributed by atoms with Crippen molar-refractivity contribution in [2.75, 3.05) is 0 Å². The molecule has 1 N–H and O–H groups in total. The third-order valence-electron chi connectivity index (χ3n) is 3.72. The van der Waals surface area contributed by atoms with Crippen molar-refractivity contribution < 1.29 is 13.0 Å². The van der Waals surface area contributed by atoms with Gasteiger partial charge in [-0.1, -0.05) is 42.5 Å². The molecule has 3 rings (SSSR count). The van der Waals surface area contributed by atoms with Crippen molar-refractivity contribution in [1.82, 2.24) is 0 Å². The molecule has 20 heavy (non-hydrogen) atoms. The Kier molecular flexibility index (Phi) is 3.00. The molecule has 0 spiro atoms. The highest BCUT2D eigenvalue weighted by atomic mass is 32.2. The van der Waals surface area contributed by atoms with Crippen molar-refractivity contribution in [3.8, 4) is 11.1 Å². The Balaban J connectivity index is 2.36. The van der Waals surface area contributed by atoms with Gasteiger partial charge in [0.05, 0.1) is 4.90 Å². The van der Waals surface area contributed by atoms with Crippen LogP contribution in [-0.4, -0.2) is 13.0 Å². The lowest BCUT2D eigenvalue weighted by atomic mass is 9.94. The third kappa shape index (κ3) is 1.88. The van der Waals surface area contributed by atoms with Crippen molar-refractivity contribution in [3.05, 3.63) is 66.2 Å². The van der Waals surface area contributed by atoms with E-state index in [2.05, 4.69) is 6.58 Å². The number of hydrogen-bond donors (Lipinski definition) is 1. The predicted molar refractivity (Wildman–Crippen MR) is 78.3 cm³/mol. The maximum absolute atomic E-state index is 11.6. The van der Waals surface area contributed by atoms with Gasteiger partial charge in [-0.15, -0.1) is 6.58 Å². The smallest absolute Gasteiger partial charge is 0.282 e. The first-order chi connectivity index (χ1) is 9.54.